The number of alkyl halides is 3. The summed E-state index contributed by atoms with van der Waals surface area (Å²) in [6, 6.07) is 3.90. The van der Waals surface area contributed by atoms with Crippen LogP contribution in [-0.2, 0) is 4.79 Å². The minimum atomic E-state index is -4.92. The molecule has 104 valence electrons. The lowest BCUT2D eigenvalue weighted by Crippen LogP contribution is -2.19. The number of nitro groups is 1. The van der Waals surface area contributed by atoms with Crippen molar-refractivity contribution in [2.45, 2.75) is 6.18 Å². The molecule has 1 heterocycles. The molecule has 5 nitrogen and oxygen atoms in total. The van der Waals surface area contributed by atoms with Gasteiger partial charge < -0.3 is 4.98 Å². The lowest BCUT2D eigenvalue weighted by atomic mass is 10.1. The van der Waals surface area contributed by atoms with E-state index < -0.39 is 16.9 Å². The Kier molecular flexibility index (Phi) is 3.31. The summed E-state index contributed by atoms with van der Waals surface area (Å²) >= 11 is 0. The number of aromatic amines is 1. The summed E-state index contributed by atoms with van der Waals surface area (Å²) < 4.78 is 36.1. The van der Waals surface area contributed by atoms with Gasteiger partial charge in [-0.1, -0.05) is 0 Å². The summed E-state index contributed by atoms with van der Waals surface area (Å²) in [5, 5.41) is 11.1. The summed E-state index contributed by atoms with van der Waals surface area (Å²) in [4.78, 5) is 23.4. The summed E-state index contributed by atoms with van der Waals surface area (Å²) in [5.74, 6) is -1.96. The van der Waals surface area contributed by atoms with Crippen LogP contribution in [0.3, 0.4) is 0 Å². The fourth-order valence-corrected chi connectivity index (χ4v) is 1.65. The second-order valence-corrected chi connectivity index (χ2v) is 3.93. The van der Waals surface area contributed by atoms with Crippen LogP contribution in [0.15, 0.2) is 30.5 Å². The average Bonchev–Trinajstić information content (AvgIpc) is 2.76. The normalized spacial score (nSPS) is 12.2. The zero-order valence-corrected chi connectivity index (χ0v) is 9.77. The van der Waals surface area contributed by atoms with Crippen LogP contribution < -0.4 is 0 Å². The van der Waals surface area contributed by atoms with Crippen molar-refractivity contribution in [2.24, 2.45) is 0 Å². The highest BCUT2D eigenvalue weighted by Gasteiger charge is 2.36. The van der Waals surface area contributed by atoms with Gasteiger partial charge in [0.05, 0.1) is 10.4 Å². The molecule has 0 aliphatic rings. The van der Waals surface area contributed by atoms with Crippen LogP contribution in [0.4, 0.5) is 18.9 Å². The maximum Gasteiger partial charge on any atom is 0.454 e. The highest BCUT2D eigenvalue weighted by molar-refractivity contribution is 6.00. The van der Waals surface area contributed by atoms with E-state index in [-0.39, 0.29) is 5.69 Å². The topological polar surface area (TPSA) is 76.0 Å². The summed E-state index contributed by atoms with van der Waals surface area (Å²) in [7, 11) is 0. The van der Waals surface area contributed by atoms with Crippen molar-refractivity contribution in [3.05, 3.63) is 46.1 Å². The number of nitrogens with zero attached hydrogens (tertiary/aromatic N) is 1. The molecule has 0 unspecified atom stereocenters. The molecule has 1 N–H and O–H groups in total. The fraction of sp³-hybridized carbons (Fsp3) is 0.0833. The van der Waals surface area contributed by atoms with Gasteiger partial charge in [-0.3, -0.25) is 14.9 Å². The third-order valence-corrected chi connectivity index (χ3v) is 2.60. The minimum absolute atomic E-state index is 0.138. The first-order valence-electron chi connectivity index (χ1n) is 5.34. The summed E-state index contributed by atoms with van der Waals surface area (Å²) in [6.07, 6.45) is -2.11. The largest absolute Gasteiger partial charge is 0.454 e. The number of carbonyl (C=O) groups excluding carboxylic acids is 1. The second-order valence-electron chi connectivity index (χ2n) is 3.93. The number of rotatable bonds is 3. The Hall–Kier alpha value is -2.64. The molecular weight excluding hydrogens is 277 g/mol. The number of benzene rings is 1. The summed E-state index contributed by atoms with van der Waals surface area (Å²) in [5.41, 5.74) is 0.604. The quantitative estimate of drug-likeness (QED) is 0.534. The highest BCUT2D eigenvalue weighted by Crippen LogP contribution is 2.24. The molecule has 0 spiro atoms. The number of carbonyl (C=O) groups is 1. The van der Waals surface area contributed by atoms with Crippen LogP contribution in [0.1, 0.15) is 5.56 Å². The van der Waals surface area contributed by atoms with E-state index >= 15 is 0 Å². The molecular formula is C12H7F3N2O3. The molecule has 2 aromatic rings. The molecule has 0 bridgehead atoms. The Morgan fingerprint density at radius 2 is 2.05 bits per heavy atom. The Bertz CT molecular complexity index is 716. The maximum atomic E-state index is 12.0. The van der Waals surface area contributed by atoms with Gasteiger partial charge in [0.15, 0.2) is 0 Å². The van der Waals surface area contributed by atoms with E-state index in [1.54, 1.807) is 0 Å². The Balaban J connectivity index is 2.35. The standard InChI is InChI=1S/C12H7F3N2O3/c13-12(14,15)11(18)4-1-7-6-16-10-5-8(17(19)20)2-3-9(7)10/h1-6,16H/b4-1+. The third-order valence-electron chi connectivity index (χ3n) is 2.60. The first kappa shape index (κ1) is 13.8. The van der Waals surface area contributed by atoms with Crippen molar-refractivity contribution in [3.8, 4) is 0 Å². The number of allylic oxidation sites excluding steroid dienone is 1. The lowest BCUT2D eigenvalue weighted by molar-refractivity contribution is -0.384. The van der Waals surface area contributed by atoms with Crippen molar-refractivity contribution in [2.75, 3.05) is 0 Å². The molecule has 20 heavy (non-hydrogen) atoms. The zero-order chi connectivity index (χ0) is 14.9. The number of nitrogens with one attached hydrogen (secondary N) is 1. The molecule has 8 heteroatoms. The minimum Gasteiger partial charge on any atom is -0.360 e. The average molecular weight is 284 g/mol. The van der Waals surface area contributed by atoms with Crippen molar-refractivity contribution >= 4 is 28.4 Å². The highest BCUT2D eigenvalue weighted by atomic mass is 19.4. The molecule has 0 saturated heterocycles. The number of nitro benzene ring substituents is 1. The Morgan fingerprint density at radius 1 is 1.35 bits per heavy atom. The van der Waals surface area contributed by atoms with E-state index in [1.807, 2.05) is 0 Å². The molecule has 0 aliphatic heterocycles. The maximum absolute atomic E-state index is 12.0. The number of hydrogen-bond acceptors (Lipinski definition) is 3. The Labute approximate surface area is 109 Å². The second kappa shape index (κ2) is 4.80. The first-order chi connectivity index (χ1) is 9.29. The number of ketones is 1. The number of hydrogen-bond donors (Lipinski definition) is 1. The van der Waals surface area contributed by atoms with Crippen molar-refractivity contribution in [1.82, 2.24) is 4.98 Å². The van der Waals surface area contributed by atoms with Gasteiger partial charge in [0.1, 0.15) is 0 Å². The van der Waals surface area contributed by atoms with E-state index in [9.17, 15) is 28.1 Å². The van der Waals surface area contributed by atoms with Crippen LogP contribution in [0, 0.1) is 10.1 Å². The number of halogens is 3. The van der Waals surface area contributed by atoms with Crippen molar-refractivity contribution in [3.63, 3.8) is 0 Å². The van der Waals surface area contributed by atoms with Gasteiger partial charge in [-0.05, 0) is 23.8 Å². The number of fused-ring (bicyclic) bond motifs is 1. The van der Waals surface area contributed by atoms with E-state index in [0.29, 0.717) is 22.5 Å². The van der Waals surface area contributed by atoms with Crippen LogP contribution in [0.25, 0.3) is 17.0 Å². The SMILES string of the molecule is O=C(/C=C/c1c[nH]c2cc([N+](=O)[O-])ccc12)C(F)(F)F. The van der Waals surface area contributed by atoms with Crippen LogP contribution in [-0.4, -0.2) is 21.9 Å². The number of H-pyrrole nitrogens is 1. The van der Waals surface area contributed by atoms with Crippen LogP contribution in [0.2, 0.25) is 0 Å². The van der Waals surface area contributed by atoms with Crippen LogP contribution in [0.5, 0.6) is 0 Å². The third kappa shape index (κ3) is 2.68. The fourth-order valence-electron chi connectivity index (χ4n) is 1.65. The zero-order valence-electron chi connectivity index (χ0n) is 9.77. The van der Waals surface area contributed by atoms with E-state index in [2.05, 4.69) is 4.98 Å². The summed E-state index contributed by atoms with van der Waals surface area (Å²) in [6.45, 7) is 0. The molecule has 0 aliphatic carbocycles. The Morgan fingerprint density at radius 3 is 2.65 bits per heavy atom. The van der Waals surface area contributed by atoms with Crippen LogP contribution >= 0.6 is 0 Å². The molecule has 0 atom stereocenters. The van der Waals surface area contributed by atoms with E-state index in [0.717, 1.165) is 6.08 Å². The monoisotopic (exact) mass is 284 g/mol. The predicted molar refractivity (Wildman–Crippen MR) is 65.0 cm³/mol. The van der Waals surface area contributed by atoms with E-state index in [1.165, 1.54) is 24.4 Å². The van der Waals surface area contributed by atoms with Gasteiger partial charge in [0, 0.05) is 23.7 Å². The van der Waals surface area contributed by atoms with Gasteiger partial charge in [-0.15, -0.1) is 0 Å². The van der Waals surface area contributed by atoms with Crippen molar-refractivity contribution < 1.29 is 22.9 Å². The predicted octanol–water partition coefficient (Wildman–Crippen LogP) is 3.22. The van der Waals surface area contributed by atoms with Crippen molar-refractivity contribution in [1.29, 1.82) is 0 Å². The molecule has 0 saturated carbocycles. The molecule has 0 radical (unpaired) electrons. The van der Waals surface area contributed by atoms with Gasteiger partial charge in [-0.25, -0.2) is 0 Å². The number of aromatic nitrogens is 1. The molecule has 0 amide bonds. The number of non-ortho nitro benzene ring substituents is 1. The molecule has 2 rings (SSSR count). The molecule has 1 aromatic carbocycles. The molecule has 1 aromatic heterocycles. The molecule has 0 fully saturated rings. The van der Waals surface area contributed by atoms with Gasteiger partial charge in [0.25, 0.3) is 11.5 Å². The van der Waals surface area contributed by atoms with Gasteiger partial charge in [0.2, 0.25) is 0 Å². The van der Waals surface area contributed by atoms with Gasteiger partial charge >= 0.3 is 6.18 Å². The first-order valence-corrected chi connectivity index (χ1v) is 5.34. The van der Waals surface area contributed by atoms with Gasteiger partial charge in [-0.2, -0.15) is 13.2 Å². The lowest BCUT2D eigenvalue weighted by Gasteiger charge is -1.99. The van der Waals surface area contributed by atoms with E-state index in [4.69, 9.17) is 0 Å². The smallest absolute Gasteiger partial charge is 0.360 e.